The molecule has 170 valence electrons. The summed E-state index contributed by atoms with van der Waals surface area (Å²) in [7, 11) is 0. The van der Waals surface area contributed by atoms with E-state index in [-0.39, 0.29) is 29.1 Å². The summed E-state index contributed by atoms with van der Waals surface area (Å²) < 4.78 is 60.6. The highest BCUT2D eigenvalue weighted by Gasteiger charge is 2.25. The Labute approximate surface area is 182 Å². The number of unbranched alkanes of at least 4 members (excludes halogenated alkanes) is 2. The molecule has 1 aliphatic rings. The van der Waals surface area contributed by atoms with Gasteiger partial charge in [0.15, 0.2) is 17.9 Å². The molecule has 3 rings (SSSR count). The number of benzene rings is 2. The van der Waals surface area contributed by atoms with Gasteiger partial charge in [-0.15, -0.1) is 0 Å². The molecule has 0 N–H and O–H groups in total. The van der Waals surface area contributed by atoms with Gasteiger partial charge in [-0.25, -0.2) is 8.78 Å². The molecule has 0 amide bonds. The fourth-order valence-electron chi connectivity index (χ4n) is 3.66. The Morgan fingerprint density at radius 3 is 2.32 bits per heavy atom. The van der Waals surface area contributed by atoms with E-state index in [0.29, 0.717) is 19.8 Å². The van der Waals surface area contributed by atoms with Crippen LogP contribution in [0.1, 0.15) is 63.9 Å². The van der Waals surface area contributed by atoms with Gasteiger partial charge in [0.1, 0.15) is 5.82 Å². The Hall–Kier alpha value is -2.05. The van der Waals surface area contributed by atoms with Crippen LogP contribution in [0.2, 0.25) is 0 Å². The summed E-state index contributed by atoms with van der Waals surface area (Å²) in [6, 6.07) is 7.37. The van der Waals surface area contributed by atoms with Gasteiger partial charge >= 0.3 is 0 Å². The third kappa shape index (κ3) is 6.01. The molecule has 2 aromatic carbocycles. The first kappa shape index (κ1) is 23.6. The van der Waals surface area contributed by atoms with Crippen LogP contribution >= 0.6 is 0 Å². The minimum absolute atomic E-state index is 0.0257. The van der Waals surface area contributed by atoms with Crippen LogP contribution in [0.4, 0.5) is 13.2 Å². The minimum Gasteiger partial charge on any atom is -0.490 e. The highest BCUT2D eigenvalue weighted by Crippen LogP contribution is 2.35. The predicted octanol–water partition coefficient (Wildman–Crippen LogP) is 6.99. The zero-order valence-electron chi connectivity index (χ0n) is 18.3. The van der Waals surface area contributed by atoms with Crippen LogP contribution in [0.5, 0.6) is 5.75 Å². The van der Waals surface area contributed by atoms with Crippen LogP contribution in [0.25, 0.3) is 11.1 Å². The second-order valence-electron chi connectivity index (χ2n) is 7.94. The summed E-state index contributed by atoms with van der Waals surface area (Å²) in [4.78, 5) is 0. The van der Waals surface area contributed by atoms with Crippen molar-refractivity contribution in [2.45, 2.75) is 64.6 Å². The van der Waals surface area contributed by atoms with Crippen molar-refractivity contribution in [1.82, 2.24) is 0 Å². The van der Waals surface area contributed by atoms with Gasteiger partial charge in [-0.3, -0.25) is 0 Å². The highest BCUT2D eigenvalue weighted by molar-refractivity contribution is 5.66. The maximum atomic E-state index is 14.8. The number of rotatable bonds is 10. The Balaban J connectivity index is 1.68. The average Bonchev–Trinajstić information content (AvgIpc) is 2.78. The Morgan fingerprint density at radius 2 is 1.65 bits per heavy atom. The molecule has 0 aromatic heterocycles. The zero-order chi connectivity index (χ0) is 22.2. The van der Waals surface area contributed by atoms with E-state index in [4.69, 9.17) is 14.2 Å². The third-order valence-corrected chi connectivity index (χ3v) is 5.59. The molecule has 0 radical (unpaired) electrons. The molecule has 1 aliphatic heterocycles. The molecule has 0 aliphatic carbocycles. The molecule has 0 bridgehead atoms. The minimum atomic E-state index is -1.10. The highest BCUT2D eigenvalue weighted by atomic mass is 19.2. The summed E-state index contributed by atoms with van der Waals surface area (Å²) in [5.41, 5.74) is 0.695. The van der Waals surface area contributed by atoms with Crippen LogP contribution in [0, 0.1) is 17.5 Å². The monoisotopic (exact) mass is 436 g/mol. The molecule has 3 nitrogen and oxygen atoms in total. The fraction of sp³-hybridized carbons (Fsp3) is 0.520. The van der Waals surface area contributed by atoms with Crippen molar-refractivity contribution in [3.63, 3.8) is 0 Å². The fourth-order valence-corrected chi connectivity index (χ4v) is 3.66. The van der Waals surface area contributed by atoms with E-state index in [2.05, 4.69) is 6.92 Å². The van der Waals surface area contributed by atoms with Crippen LogP contribution in [0.15, 0.2) is 30.3 Å². The van der Waals surface area contributed by atoms with E-state index >= 15 is 0 Å². The molecular weight excluding hydrogens is 405 g/mol. The number of hydrogen-bond acceptors (Lipinski definition) is 3. The molecule has 0 spiro atoms. The topological polar surface area (TPSA) is 27.7 Å². The first-order valence-corrected chi connectivity index (χ1v) is 11.2. The summed E-state index contributed by atoms with van der Waals surface area (Å²) in [5, 5.41) is 0. The molecular formula is C25H31F3O3. The maximum Gasteiger partial charge on any atom is 0.201 e. The number of hydrogen-bond donors (Lipinski definition) is 0. The lowest BCUT2D eigenvalue weighted by Gasteiger charge is -2.29. The lowest BCUT2D eigenvalue weighted by Crippen LogP contribution is -2.27. The SMILES string of the molecule is CCCCOc1ccc(-c2ccc(C3CCC(OCCCC)OC3)cc2F)c(F)c1F. The summed E-state index contributed by atoms with van der Waals surface area (Å²) in [6.07, 6.45) is 5.06. The molecule has 2 aromatic rings. The smallest absolute Gasteiger partial charge is 0.201 e. The Bertz CT molecular complexity index is 848. The van der Waals surface area contributed by atoms with Crippen molar-refractivity contribution in [1.29, 1.82) is 0 Å². The molecule has 31 heavy (non-hydrogen) atoms. The van der Waals surface area contributed by atoms with Crippen LogP contribution in [-0.4, -0.2) is 26.1 Å². The first-order valence-electron chi connectivity index (χ1n) is 11.2. The number of halogens is 3. The molecule has 2 atom stereocenters. The van der Waals surface area contributed by atoms with E-state index in [0.717, 1.165) is 44.1 Å². The van der Waals surface area contributed by atoms with Gasteiger partial charge in [0.2, 0.25) is 5.82 Å². The standard InChI is InChI=1S/C25H31F3O3/c1-3-5-13-29-22-11-10-20(24(27)25(22)28)19-9-7-17(15-21(19)26)18-8-12-23(31-16-18)30-14-6-4-2/h7,9-11,15,18,23H,3-6,8,12-14,16H2,1-2H3. The van der Waals surface area contributed by atoms with Crippen molar-refractivity contribution in [2.24, 2.45) is 0 Å². The summed E-state index contributed by atoms with van der Waals surface area (Å²) in [5.74, 6) is -2.88. The van der Waals surface area contributed by atoms with Crippen LogP contribution < -0.4 is 4.74 Å². The first-order chi connectivity index (χ1) is 15.0. The van der Waals surface area contributed by atoms with E-state index in [9.17, 15) is 13.2 Å². The van der Waals surface area contributed by atoms with Gasteiger partial charge in [0.05, 0.1) is 13.2 Å². The van der Waals surface area contributed by atoms with Gasteiger partial charge in [0.25, 0.3) is 0 Å². The van der Waals surface area contributed by atoms with E-state index in [1.807, 2.05) is 6.92 Å². The second-order valence-corrected chi connectivity index (χ2v) is 7.94. The van der Waals surface area contributed by atoms with Crippen molar-refractivity contribution in [2.75, 3.05) is 19.8 Å². The predicted molar refractivity (Wildman–Crippen MR) is 115 cm³/mol. The van der Waals surface area contributed by atoms with E-state index in [1.54, 1.807) is 6.07 Å². The summed E-state index contributed by atoms with van der Waals surface area (Å²) in [6.45, 7) is 5.52. The van der Waals surface area contributed by atoms with Crippen LogP contribution in [0.3, 0.4) is 0 Å². The lowest BCUT2D eigenvalue weighted by molar-refractivity contribution is -0.167. The Kier molecular flexibility index (Phi) is 8.79. The molecule has 1 saturated heterocycles. The molecule has 2 unspecified atom stereocenters. The van der Waals surface area contributed by atoms with E-state index in [1.165, 1.54) is 24.3 Å². The molecule has 0 saturated carbocycles. The van der Waals surface area contributed by atoms with Gasteiger partial charge in [0, 0.05) is 23.7 Å². The maximum absolute atomic E-state index is 14.8. The van der Waals surface area contributed by atoms with Gasteiger partial charge in [-0.2, -0.15) is 4.39 Å². The van der Waals surface area contributed by atoms with Crippen molar-refractivity contribution in [3.05, 3.63) is 53.3 Å². The van der Waals surface area contributed by atoms with Gasteiger partial charge < -0.3 is 14.2 Å². The van der Waals surface area contributed by atoms with Crippen LogP contribution in [-0.2, 0) is 9.47 Å². The normalized spacial score (nSPS) is 18.9. The summed E-state index contributed by atoms with van der Waals surface area (Å²) >= 11 is 0. The largest absolute Gasteiger partial charge is 0.490 e. The van der Waals surface area contributed by atoms with Crippen molar-refractivity contribution < 1.29 is 27.4 Å². The van der Waals surface area contributed by atoms with Crippen molar-refractivity contribution >= 4 is 0 Å². The lowest BCUT2D eigenvalue weighted by atomic mass is 9.91. The van der Waals surface area contributed by atoms with E-state index < -0.39 is 17.5 Å². The third-order valence-electron chi connectivity index (χ3n) is 5.59. The van der Waals surface area contributed by atoms with Gasteiger partial charge in [-0.1, -0.05) is 38.8 Å². The average molecular weight is 437 g/mol. The second kappa shape index (κ2) is 11.5. The molecule has 1 heterocycles. The number of ether oxygens (including phenoxy) is 3. The van der Waals surface area contributed by atoms with Gasteiger partial charge in [-0.05, 0) is 49.4 Å². The quantitative estimate of drug-likeness (QED) is 0.376. The zero-order valence-corrected chi connectivity index (χ0v) is 18.3. The molecule has 1 fully saturated rings. The van der Waals surface area contributed by atoms with Crippen molar-refractivity contribution in [3.8, 4) is 16.9 Å². The molecule has 6 heteroatoms. The Morgan fingerprint density at radius 1 is 0.903 bits per heavy atom.